The van der Waals surface area contributed by atoms with Gasteiger partial charge in [-0.1, -0.05) is 18.2 Å². The number of hydrogen-bond donors (Lipinski definition) is 4. The Labute approximate surface area is 188 Å². The standard InChI is InChI=1S/C23H22N4O4S/c1-30-12-7-8-17(31-2)16(11-12)27-22(29)18(21(28)26-23(27)32)20-19-14(9-10-24-20)13-5-3-4-6-15(13)25-19/h3-8,11,20,24-25,29H,9-10H2,1-2H3,(H,26,28,32)/t20-/m0/s1. The first-order valence-electron chi connectivity index (χ1n) is 10.2. The molecule has 0 spiro atoms. The second kappa shape index (κ2) is 7.85. The van der Waals surface area contributed by atoms with Crippen LogP contribution in [0, 0.1) is 4.77 Å². The summed E-state index contributed by atoms with van der Waals surface area (Å²) in [6, 6.07) is 12.6. The number of aromatic nitrogens is 3. The van der Waals surface area contributed by atoms with Gasteiger partial charge in [-0.15, -0.1) is 0 Å². The molecule has 164 valence electrons. The Morgan fingerprint density at radius 2 is 1.94 bits per heavy atom. The molecule has 32 heavy (non-hydrogen) atoms. The van der Waals surface area contributed by atoms with Crippen LogP contribution in [-0.4, -0.2) is 40.4 Å². The Kier molecular flexibility index (Phi) is 4.99. The molecule has 0 saturated carbocycles. The summed E-state index contributed by atoms with van der Waals surface area (Å²) in [5, 5.41) is 15.9. The molecule has 4 aromatic rings. The Hall–Kier alpha value is -3.56. The molecule has 0 unspecified atom stereocenters. The topological polar surface area (TPSA) is 104 Å². The van der Waals surface area contributed by atoms with Gasteiger partial charge in [0.05, 0.1) is 25.9 Å². The Morgan fingerprint density at radius 3 is 2.72 bits per heavy atom. The van der Waals surface area contributed by atoms with Crippen LogP contribution in [0.3, 0.4) is 0 Å². The number of nitrogens with zero attached hydrogens (tertiary/aromatic N) is 1. The molecule has 0 radical (unpaired) electrons. The van der Waals surface area contributed by atoms with Crippen molar-refractivity contribution in [3.63, 3.8) is 0 Å². The normalized spacial score (nSPS) is 15.5. The van der Waals surface area contributed by atoms with E-state index in [0.29, 0.717) is 23.7 Å². The van der Waals surface area contributed by atoms with E-state index < -0.39 is 11.6 Å². The van der Waals surface area contributed by atoms with Gasteiger partial charge in [0.15, 0.2) is 4.77 Å². The zero-order valence-electron chi connectivity index (χ0n) is 17.6. The minimum absolute atomic E-state index is 0.0514. The molecular weight excluding hydrogens is 428 g/mol. The summed E-state index contributed by atoms with van der Waals surface area (Å²) in [4.78, 5) is 19.2. The number of nitrogens with one attached hydrogen (secondary N) is 3. The van der Waals surface area contributed by atoms with Crippen molar-refractivity contribution in [2.45, 2.75) is 12.5 Å². The zero-order chi connectivity index (χ0) is 22.4. The molecule has 0 amide bonds. The highest BCUT2D eigenvalue weighted by Gasteiger charge is 2.31. The van der Waals surface area contributed by atoms with Crippen molar-refractivity contribution in [2.75, 3.05) is 20.8 Å². The van der Waals surface area contributed by atoms with E-state index in [4.69, 9.17) is 21.7 Å². The van der Waals surface area contributed by atoms with Gasteiger partial charge in [0.2, 0.25) is 5.88 Å². The number of aromatic hydroxyl groups is 1. The van der Waals surface area contributed by atoms with Crippen molar-refractivity contribution in [1.29, 1.82) is 0 Å². The minimum atomic E-state index is -0.534. The largest absolute Gasteiger partial charge is 0.497 e. The maximum Gasteiger partial charge on any atom is 0.260 e. The van der Waals surface area contributed by atoms with Crippen LogP contribution in [-0.2, 0) is 6.42 Å². The van der Waals surface area contributed by atoms with Gasteiger partial charge in [-0.3, -0.25) is 14.3 Å². The molecule has 1 aliphatic rings. The first-order valence-corrected chi connectivity index (χ1v) is 10.6. The fourth-order valence-corrected chi connectivity index (χ4v) is 4.70. The SMILES string of the molecule is COc1ccc(OC)c(-n2c(O)c([C@@H]3NCCc4c3[nH]c3ccccc43)c(=O)[nH]c2=S)c1. The van der Waals surface area contributed by atoms with E-state index in [1.54, 1.807) is 25.3 Å². The van der Waals surface area contributed by atoms with E-state index in [1.165, 1.54) is 11.7 Å². The second-order valence-corrected chi connectivity index (χ2v) is 7.96. The molecule has 2 aromatic carbocycles. The van der Waals surface area contributed by atoms with Crippen LogP contribution >= 0.6 is 12.2 Å². The van der Waals surface area contributed by atoms with Crippen LogP contribution in [0.15, 0.2) is 47.3 Å². The van der Waals surface area contributed by atoms with Crippen molar-refractivity contribution >= 4 is 23.1 Å². The lowest BCUT2D eigenvalue weighted by Gasteiger charge is -2.26. The third-order valence-corrected chi connectivity index (χ3v) is 6.18. The summed E-state index contributed by atoms with van der Waals surface area (Å²) in [5.41, 5.74) is 3.17. The molecule has 0 saturated heterocycles. The summed E-state index contributed by atoms with van der Waals surface area (Å²) in [6.07, 6.45) is 0.817. The molecule has 3 heterocycles. The van der Waals surface area contributed by atoms with Crippen LogP contribution in [0.1, 0.15) is 22.9 Å². The highest BCUT2D eigenvalue weighted by Crippen LogP contribution is 2.37. The third kappa shape index (κ3) is 3.09. The number of methoxy groups -OCH3 is 2. The lowest BCUT2D eigenvalue weighted by molar-refractivity contribution is 0.389. The first kappa shape index (κ1) is 20.3. The predicted octanol–water partition coefficient (Wildman–Crippen LogP) is 3.33. The minimum Gasteiger partial charge on any atom is -0.497 e. The highest BCUT2D eigenvalue weighted by atomic mass is 32.1. The van der Waals surface area contributed by atoms with Crippen molar-refractivity contribution in [2.24, 2.45) is 0 Å². The van der Waals surface area contributed by atoms with Crippen molar-refractivity contribution in [3.05, 3.63) is 74.4 Å². The predicted molar refractivity (Wildman–Crippen MR) is 124 cm³/mol. The average Bonchev–Trinajstić information content (AvgIpc) is 3.18. The molecule has 0 fully saturated rings. The van der Waals surface area contributed by atoms with Gasteiger partial charge in [0, 0.05) is 29.2 Å². The number of rotatable bonds is 4. The van der Waals surface area contributed by atoms with Gasteiger partial charge >= 0.3 is 0 Å². The van der Waals surface area contributed by atoms with Gasteiger partial charge in [-0.05, 0) is 42.4 Å². The van der Waals surface area contributed by atoms with Crippen molar-refractivity contribution in [1.82, 2.24) is 19.9 Å². The maximum atomic E-state index is 13.0. The number of ether oxygens (including phenoxy) is 2. The lowest BCUT2D eigenvalue weighted by Crippen LogP contribution is -2.35. The van der Waals surface area contributed by atoms with E-state index >= 15 is 0 Å². The number of para-hydroxylation sites is 1. The molecule has 0 aliphatic carbocycles. The van der Waals surface area contributed by atoms with E-state index in [1.807, 2.05) is 18.2 Å². The Morgan fingerprint density at radius 1 is 1.12 bits per heavy atom. The summed E-state index contributed by atoms with van der Waals surface area (Å²) in [5.74, 6) is 0.774. The average molecular weight is 451 g/mol. The van der Waals surface area contributed by atoms with Gasteiger partial charge in [-0.25, -0.2) is 0 Å². The lowest BCUT2D eigenvalue weighted by atomic mass is 9.95. The molecule has 1 aliphatic heterocycles. The quantitative estimate of drug-likeness (QED) is 0.356. The van der Waals surface area contributed by atoms with Gasteiger partial charge < -0.3 is 24.9 Å². The molecule has 9 heteroatoms. The zero-order valence-corrected chi connectivity index (χ0v) is 18.4. The summed E-state index contributed by atoms with van der Waals surface area (Å²) >= 11 is 5.41. The summed E-state index contributed by atoms with van der Waals surface area (Å²) in [6.45, 7) is 0.663. The first-order chi connectivity index (χ1) is 15.5. The number of benzene rings is 2. The van der Waals surface area contributed by atoms with Crippen LogP contribution in [0.2, 0.25) is 0 Å². The number of aromatic amines is 2. The third-order valence-electron chi connectivity index (χ3n) is 5.90. The van der Waals surface area contributed by atoms with E-state index in [-0.39, 0.29) is 16.2 Å². The molecule has 2 aromatic heterocycles. The second-order valence-electron chi connectivity index (χ2n) is 7.57. The fraction of sp³-hybridized carbons (Fsp3) is 0.217. The molecule has 4 N–H and O–H groups in total. The Balaban J connectivity index is 1.76. The number of hydrogen-bond acceptors (Lipinski definition) is 6. The maximum absolute atomic E-state index is 13.0. The Bertz CT molecular complexity index is 1450. The van der Waals surface area contributed by atoms with Crippen LogP contribution in [0.5, 0.6) is 17.4 Å². The number of fused-ring (bicyclic) bond motifs is 3. The molecule has 0 bridgehead atoms. The van der Waals surface area contributed by atoms with Crippen LogP contribution < -0.4 is 20.3 Å². The van der Waals surface area contributed by atoms with Crippen molar-refractivity contribution in [3.8, 4) is 23.1 Å². The summed E-state index contributed by atoms with van der Waals surface area (Å²) in [7, 11) is 3.07. The van der Waals surface area contributed by atoms with E-state index in [0.717, 1.165) is 28.6 Å². The van der Waals surface area contributed by atoms with Gasteiger partial charge in [0.1, 0.15) is 17.1 Å². The molecular formula is C23H22N4O4S. The van der Waals surface area contributed by atoms with Gasteiger partial charge in [-0.2, -0.15) is 0 Å². The van der Waals surface area contributed by atoms with E-state index in [9.17, 15) is 9.90 Å². The molecule has 5 rings (SSSR count). The highest BCUT2D eigenvalue weighted by molar-refractivity contribution is 7.71. The van der Waals surface area contributed by atoms with Crippen molar-refractivity contribution < 1.29 is 14.6 Å². The summed E-state index contributed by atoms with van der Waals surface area (Å²) < 4.78 is 12.3. The van der Waals surface area contributed by atoms with E-state index in [2.05, 4.69) is 21.4 Å². The molecule has 1 atom stereocenters. The smallest absolute Gasteiger partial charge is 0.260 e. The molecule has 8 nitrogen and oxygen atoms in total. The fourth-order valence-electron chi connectivity index (χ4n) is 4.42. The van der Waals surface area contributed by atoms with Gasteiger partial charge in [0.25, 0.3) is 5.56 Å². The monoisotopic (exact) mass is 450 g/mol. The number of H-pyrrole nitrogens is 2. The van der Waals surface area contributed by atoms with Crippen LogP contribution in [0.4, 0.5) is 0 Å². The van der Waals surface area contributed by atoms with Crippen LogP contribution in [0.25, 0.3) is 16.6 Å².